The summed E-state index contributed by atoms with van der Waals surface area (Å²) in [5.74, 6) is 1.00. The first-order chi connectivity index (χ1) is 7.86. The molecule has 1 aliphatic rings. The molecule has 16 heavy (non-hydrogen) atoms. The molecule has 3 heterocycles. The van der Waals surface area contributed by atoms with Crippen LogP contribution in [0.4, 0.5) is 5.82 Å². The number of furan rings is 1. The number of aromatic nitrogens is 1. The van der Waals surface area contributed by atoms with Crippen molar-refractivity contribution in [2.75, 3.05) is 24.7 Å². The number of anilines is 1. The Morgan fingerprint density at radius 2 is 2.38 bits per heavy atom. The highest BCUT2D eigenvalue weighted by molar-refractivity contribution is 5.88. The first-order valence-electron chi connectivity index (χ1n) is 5.53. The average Bonchev–Trinajstić information content (AvgIpc) is 2.77. The SMILES string of the molecule is CC1COCCN1c1nccc2occc12. The lowest BCUT2D eigenvalue weighted by Gasteiger charge is -2.34. The van der Waals surface area contributed by atoms with E-state index >= 15 is 0 Å². The summed E-state index contributed by atoms with van der Waals surface area (Å²) in [6, 6.07) is 4.23. The maximum Gasteiger partial charge on any atom is 0.140 e. The first-order valence-corrected chi connectivity index (χ1v) is 5.53. The van der Waals surface area contributed by atoms with Crippen LogP contribution in [0.1, 0.15) is 6.92 Å². The molecule has 2 aromatic rings. The van der Waals surface area contributed by atoms with E-state index in [9.17, 15) is 0 Å². The Hall–Kier alpha value is -1.55. The van der Waals surface area contributed by atoms with Gasteiger partial charge in [0.05, 0.1) is 30.9 Å². The van der Waals surface area contributed by atoms with Gasteiger partial charge in [0.1, 0.15) is 11.4 Å². The molecule has 0 spiro atoms. The molecule has 1 aliphatic heterocycles. The van der Waals surface area contributed by atoms with Crippen LogP contribution < -0.4 is 4.90 Å². The van der Waals surface area contributed by atoms with Gasteiger partial charge in [-0.1, -0.05) is 0 Å². The second-order valence-corrected chi connectivity index (χ2v) is 4.08. The standard InChI is InChI=1S/C12H14N2O2/c1-9-8-15-7-5-14(9)12-10-3-6-16-11(10)2-4-13-12/h2-4,6,9H,5,7-8H2,1H3. The molecule has 1 atom stereocenters. The largest absolute Gasteiger partial charge is 0.464 e. The lowest BCUT2D eigenvalue weighted by atomic mass is 10.2. The van der Waals surface area contributed by atoms with Crippen LogP contribution in [0.2, 0.25) is 0 Å². The fraction of sp³-hybridized carbons (Fsp3) is 0.417. The van der Waals surface area contributed by atoms with Crippen molar-refractivity contribution in [1.82, 2.24) is 4.98 Å². The van der Waals surface area contributed by atoms with Gasteiger partial charge in [0.25, 0.3) is 0 Å². The van der Waals surface area contributed by atoms with Crippen LogP contribution in [0, 0.1) is 0 Å². The Labute approximate surface area is 93.8 Å². The summed E-state index contributed by atoms with van der Waals surface area (Å²) in [4.78, 5) is 6.74. The molecule has 0 bridgehead atoms. The molecule has 1 unspecified atom stereocenters. The highest BCUT2D eigenvalue weighted by atomic mass is 16.5. The Kier molecular flexibility index (Phi) is 2.29. The van der Waals surface area contributed by atoms with E-state index in [-0.39, 0.29) is 0 Å². The van der Waals surface area contributed by atoms with Gasteiger partial charge in [-0.15, -0.1) is 0 Å². The van der Waals surface area contributed by atoms with Gasteiger partial charge in [-0.2, -0.15) is 0 Å². The fourth-order valence-corrected chi connectivity index (χ4v) is 2.15. The molecule has 0 saturated carbocycles. The number of nitrogens with zero attached hydrogens (tertiary/aromatic N) is 2. The molecule has 1 fully saturated rings. The van der Waals surface area contributed by atoms with E-state index in [2.05, 4.69) is 16.8 Å². The third kappa shape index (κ3) is 1.46. The molecule has 4 nitrogen and oxygen atoms in total. The number of rotatable bonds is 1. The zero-order chi connectivity index (χ0) is 11.0. The van der Waals surface area contributed by atoms with E-state index in [4.69, 9.17) is 9.15 Å². The minimum Gasteiger partial charge on any atom is -0.464 e. The Morgan fingerprint density at radius 1 is 1.44 bits per heavy atom. The van der Waals surface area contributed by atoms with Gasteiger partial charge in [0, 0.05) is 12.7 Å². The topological polar surface area (TPSA) is 38.5 Å². The normalized spacial score (nSPS) is 21.6. The van der Waals surface area contributed by atoms with Crippen LogP contribution in [0.3, 0.4) is 0 Å². The van der Waals surface area contributed by atoms with E-state index in [1.54, 1.807) is 12.5 Å². The maximum absolute atomic E-state index is 5.43. The minimum atomic E-state index is 0.363. The predicted molar refractivity (Wildman–Crippen MR) is 61.6 cm³/mol. The zero-order valence-electron chi connectivity index (χ0n) is 9.22. The lowest BCUT2D eigenvalue weighted by molar-refractivity contribution is 0.0987. The second kappa shape index (κ2) is 3.79. The van der Waals surface area contributed by atoms with Gasteiger partial charge in [-0.05, 0) is 19.1 Å². The summed E-state index contributed by atoms with van der Waals surface area (Å²) in [7, 11) is 0. The van der Waals surface area contributed by atoms with Gasteiger partial charge >= 0.3 is 0 Å². The molecule has 0 amide bonds. The summed E-state index contributed by atoms with van der Waals surface area (Å²) < 4.78 is 10.8. The van der Waals surface area contributed by atoms with Crippen LogP contribution >= 0.6 is 0 Å². The number of hydrogen-bond donors (Lipinski definition) is 0. The van der Waals surface area contributed by atoms with Crippen molar-refractivity contribution in [3.05, 3.63) is 24.6 Å². The molecule has 4 heteroatoms. The third-order valence-electron chi connectivity index (χ3n) is 3.00. The quantitative estimate of drug-likeness (QED) is 0.734. The highest BCUT2D eigenvalue weighted by Crippen LogP contribution is 2.27. The summed E-state index contributed by atoms with van der Waals surface area (Å²) >= 11 is 0. The van der Waals surface area contributed by atoms with Crippen molar-refractivity contribution in [3.8, 4) is 0 Å². The van der Waals surface area contributed by atoms with Crippen LogP contribution in [-0.2, 0) is 4.74 Å². The molecule has 0 N–H and O–H groups in total. The number of hydrogen-bond acceptors (Lipinski definition) is 4. The lowest BCUT2D eigenvalue weighted by Crippen LogP contribution is -2.44. The van der Waals surface area contributed by atoms with Gasteiger partial charge in [-0.3, -0.25) is 0 Å². The molecule has 84 valence electrons. The van der Waals surface area contributed by atoms with Gasteiger partial charge in [-0.25, -0.2) is 4.98 Å². The van der Waals surface area contributed by atoms with Crippen molar-refractivity contribution in [2.45, 2.75) is 13.0 Å². The van der Waals surface area contributed by atoms with Crippen LogP contribution in [0.25, 0.3) is 11.0 Å². The van der Waals surface area contributed by atoms with Crippen molar-refractivity contribution in [1.29, 1.82) is 0 Å². The number of morpholine rings is 1. The Bertz CT molecular complexity index is 494. The summed E-state index contributed by atoms with van der Waals surface area (Å²) in [6.45, 7) is 4.56. The zero-order valence-corrected chi connectivity index (χ0v) is 9.22. The Morgan fingerprint density at radius 3 is 3.25 bits per heavy atom. The van der Waals surface area contributed by atoms with E-state index in [0.29, 0.717) is 6.04 Å². The monoisotopic (exact) mass is 218 g/mol. The fourth-order valence-electron chi connectivity index (χ4n) is 2.15. The smallest absolute Gasteiger partial charge is 0.140 e. The molecule has 0 aromatic carbocycles. The van der Waals surface area contributed by atoms with Crippen LogP contribution in [0.15, 0.2) is 29.0 Å². The summed E-state index contributed by atoms with van der Waals surface area (Å²) in [5, 5.41) is 1.08. The number of pyridine rings is 1. The maximum atomic E-state index is 5.43. The molecule has 0 aliphatic carbocycles. The highest BCUT2D eigenvalue weighted by Gasteiger charge is 2.22. The molecule has 2 aromatic heterocycles. The second-order valence-electron chi connectivity index (χ2n) is 4.08. The molecule has 1 saturated heterocycles. The molecule has 3 rings (SSSR count). The predicted octanol–water partition coefficient (Wildman–Crippen LogP) is 2.05. The van der Waals surface area contributed by atoms with Gasteiger partial charge in [0.15, 0.2) is 0 Å². The van der Waals surface area contributed by atoms with Crippen molar-refractivity contribution >= 4 is 16.8 Å². The van der Waals surface area contributed by atoms with Gasteiger partial charge < -0.3 is 14.1 Å². The van der Waals surface area contributed by atoms with Crippen molar-refractivity contribution < 1.29 is 9.15 Å². The van der Waals surface area contributed by atoms with Crippen LogP contribution in [0.5, 0.6) is 0 Å². The third-order valence-corrected chi connectivity index (χ3v) is 3.00. The van der Waals surface area contributed by atoms with Crippen molar-refractivity contribution in [2.24, 2.45) is 0 Å². The van der Waals surface area contributed by atoms with E-state index < -0.39 is 0 Å². The minimum absolute atomic E-state index is 0.363. The van der Waals surface area contributed by atoms with E-state index in [1.807, 2.05) is 12.1 Å². The first kappa shape index (κ1) is 9.66. The van der Waals surface area contributed by atoms with E-state index in [1.165, 1.54) is 0 Å². The van der Waals surface area contributed by atoms with Gasteiger partial charge in [0.2, 0.25) is 0 Å². The van der Waals surface area contributed by atoms with Crippen molar-refractivity contribution in [3.63, 3.8) is 0 Å². The van der Waals surface area contributed by atoms with Crippen LogP contribution in [-0.4, -0.2) is 30.8 Å². The van der Waals surface area contributed by atoms with E-state index in [0.717, 1.165) is 36.5 Å². The molecule has 0 radical (unpaired) electrons. The molecular formula is C12H14N2O2. The number of ether oxygens (including phenoxy) is 1. The Balaban J connectivity index is 2.07. The molecular weight excluding hydrogens is 204 g/mol. The average molecular weight is 218 g/mol. The summed E-state index contributed by atoms with van der Waals surface area (Å²) in [5.41, 5.74) is 0.892. The number of fused-ring (bicyclic) bond motifs is 1. The summed E-state index contributed by atoms with van der Waals surface area (Å²) in [6.07, 6.45) is 3.50.